The molecule has 1 aromatic carbocycles. The maximum absolute atomic E-state index is 13.1. The van der Waals surface area contributed by atoms with Gasteiger partial charge in [0.05, 0.1) is 0 Å². The molecule has 7 heteroatoms. The van der Waals surface area contributed by atoms with Gasteiger partial charge in [-0.05, 0) is 50.8 Å². The van der Waals surface area contributed by atoms with E-state index in [2.05, 4.69) is 47.4 Å². The molecule has 1 aliphatic heterocycles. The predicted octanol–water partition coefficient (Wildman–Crippen LogP) is 2.67. The molecule has 0 radical (unpaired) electrons. The lowest BCUT2D eigenvalue weighted by Crippen LogP contribution is -2.52. The van der Waals surface area contributed by atoms with Crippen molar-refractivity contribution in [3.63, 3.8) is 0 Å². The van der Waals surface area contributed by atoms with Crippen molar-refractivity contribution in [3.8, 4) is 0 Å². The van der Waals surface area contributed by atoms with Crippen LogP contribution in [0.15, 0.2) is 28.8 Å². The van der Waals surface area contributed by atoms with E-state index < -0.39 is 5.41 Å². The van der Waals surface area contributed by atoms with Gasteiger partial charge in [0.25, 0.3) is 0 Å². The molecule has 0 atom stereocenters. The zero-order valence-corrected chi connectivity index (χ0v) is 16.6. The Morgan fingerprint density at radius 2 is 1.82 bits per heavy atom. The Kier molecular flexibility index (Phi) is 4.61. The smallest absolute Gasteiger partial charge is 0.241 e. The fourth-order valence-corrected chi connectivity index (χ4v) is 3.86. The highest BCUT2D eigenvalue weighted by Gasteiger charge is 2.58. The van der Waals surface area contributed by atoms with Gasteiger partial charge in [0.1, 0.15) is 11.2 Å². The van der Waals surface area contributed by atoms with Crippen molar-refractivity contribution in [3.05, 3.63) is 41.2 Å². The third-order valence-corrected chi connectivity index (χ3v) is 5.95. The Bertz CT molecular complexity index is 908. The van der Waals surface area contributed by atoms with Crippen molar-refractivity contribution < 1.29 is 14.1 Å². The summed E-state index contributed by atoms with van der Waals surface area (Å²) in [6.45, 7) is 8.82. The SMILES string of the molecule is Cc1cc(NC(=O)C2(C(=O)N3CCN(c4cccc(C)c4C)CC3)CC2)no1. The lowest BCUT2D eigenvalue weighted by Gasteiger charge is -2.38. The molecule has 2 aromatic rings. The van der Waals surface area contributed by atoms with Crippen LogP contribution in [0.4, 0.5) is 11.5 Å². The number of amides is 2. The molecule has 1 aromatic heterocycles. The van der Waals surface area contributed by atoms with E-state index in [0.717, 1.165) is 13.1 Å². The molecule has 28 heavy (non-hydrogen) atoms. The largest absolute Gasteiger partial charge is 0.368 e. The summed E-state index contributed by atoms with van der Waals surface area (Å²) in [5, 5.41) is 6.52. The summed E-state index contributed by atoms with van der Waals surface area (Å²) in [6, 6.07) is 7.98. The van der Waals surface area contributed by atoms with Gasteiger partial charge in [-0.1, -0.05) is 17.3 Å². The molecule has 0 unspecified atom stereocenters. The number of carbonyl (C=O) groups excluding carboxylic acids is 2. The highest BCUT2D eigenvalue weighted by atomic mass is 16.5. The molecular weight excluding hydrogens is 356 g/mol. The second-order valence-electron chi connectivity index (χ2n) is 7.86. The number of rotatable bonds is 4. The first-order chi connectivity index (χ1) is 13.4. The fourth-order valence-electron chi connectivity index (χ4n) is 3.86. The van der Waals surface area contributed by atoms with Crippen LogP contribution < -0.4 is 10.2 Å². The van der Waals surface area contributed by atoms with E-state index in [9.17, 15) is 9.59 Å². The van der Waals surface area contributed by atoms with Crippen LogP contribution in [0.3, 0.4) is 0 Å². The van der Waals surface area contributed by atoms with Gasteiger partial charge >= 0.3 is 0 Å². The van der Waals surface area contributed by atoms with Crippen LogP contribution in [0.5, 0.6) is 0 Å². The fraction of sp³-hybridized carbons (Fsp3) is 0.476. The summed E-state index contributed by atoms with van der Waals surface area (Å²) < 4.78 is 4.98. The zero-order chi connectivity index (χ0) is 19.9. The van der Waals surface area contributed by atoms with Gasteiger partial charge in [-0.25, -0.2) is 0 Å². The average molecular weight is 382 g/mol. The van der Waals surface area contributed by atoms with Crippen molar-refractivity contribution >= 4 is 23.3 Å². The Labute approximate surface area is 164 Å². The van der Waals surface area contributed by atoms with Crippen LogP contribution >= 0.6 is 0 Å². The standard InChI is InChI=1S/C21H26N4O3/c1-14-5-4-6-17(16(14)3)24-9-11-25(12-10-24)20(27)21(7-8-21)19(26)22-18-13-15(2)28-23-18/h4-6,13H,7-12H2,1-3H3,(H,22,23,26). The number of nitrogens with zero attached hydrogens (tertiary/aromatic N) is 3. The molecule has 2 amide bonds. The first-order valence-electron chi connectivity index (χ1n) is 9.76. The van der Waals surface area contributed by atoms with Crippen LogP contribution in [-0.4, -0.2) is 48.0 Å². The van der Waals surface area contributed by atoms with Crippen molar-refractivity contribution in [2.75, 3.05) is 36.4 Å². The number of benzene rings is 1. The van der Waals surface area contributed by atoms with E-state index in [0.29, 0.717) is 37.5 Å². The number of hydrogen-bond acceptors (Lipinski definition) is 5. The summed E-state index contributed by atoms with van der Waals surface area (Å²) >= 11 is 0. The van der Waals surface area contributed by atoms with Gasteiger partial charge in [0.15, 0.2) is 5.82 Å². The number of hydrogen-bond donors (Lipinski definition) is 1. The minimum atomic E-state index is -0.936. The summed E-state index contributed by atoms with van der Waals surface area (Å²) in [7, 11) is 0. The summed E-state index contributed by atoms with van der Waals surface area (Å²) in [4.78, 5) is 30.0. The van der Waals surface area contributed by atoms with E-state index in [1.54, 1.807) is 13.0 Å². The highest BCUT2D eigenvalue weighted by molar-refractivity contribution is 6.12. The van der Waals surface area contributed by atoms with E-state index in [1.807, 2.05) is 4.90 Å². The molecule has 2 aliphatic rings. The third kappa shape index (κ3) is 3.25. The molecule has 7 nitrogen and oxygen atoms in total. The monoisotopic (exact) mass is 382 g/mol. The molecule has 1 saturated heterocycles. The van der Waals surface area contributed by atoms with Gasteiger partial charge < -0.3 is 19.6 Å². The Morgan fingerprint density at radius 1 is 1.11 bits per heavy atom. The molecule has 2 fully saturated rings. The van der Waals surface area contributed by atoms with Crippen LogP contribution in [0, 0.1) is 26.2 Å². The minimum absolute atomic E-state index is 0.0640. The van der Waals surface area contributed by atoms with Crippen molar-refractivity contribution in [2.45, 2.75) is 33.6 Å². The van der Waals surface area contributed by atoms with Crippen LogP contribution in [0.25, 0.3) is 0 Å². The van der Waals surface area contributed by atoms with Crippen molar-refractivity contribution in [1.82, 2.24) is 10.1 Å². The summed E-state index contributed by atoms with van der Waals surface area (Å²) in [6.07, 6.45) is 1.18. The maximum Gasteiger partial charge on any atom is 0.241 e. The van der Waals surface area contributed by atoms with Gasteiger partial charge in [-0.3, -0.25) is 9.59 Å². The molecule has 1 aliphatic carbocycles. The molecule has 0 bridgehead atoms. The van der Waals surface area contributed by atoms with Crippen LogP contribution in [0.1, 0.15) is 29.7 Å². The molecule has 4 rings (SSSR count). The van der Waals surface area contributed by atoms with Crippen LogP contribution in [0.2, 0.25) is 0 Å². The molecular formula is C21H26N4O3. The molecule has 2 heterocycles. The van der Waals surface area contributed by atoms with Crippen molar-refractivity contribution in [2.24, 2.45) is 5.41 Å². The molecule has 1 saturated carbocycles. The third-order valence-electron chi connectivity index (χ3n) is 5.95. The highest BCUT2D eigenvalue weighted by Crippen LogP contribution is 2.48. The minimum Gasteiger partial charge on any atom is -0.368 e. The maximum atomic E-state index is 13.1. The van der Waals surface area contributed by atoms with Crippen molar-refractivity contribution in [1.29, 1.82) is 0 Å². The number of aryl methyl sites for hydroxylation is 2. The number of anilines is 2. The average Bonchev–Trinajstić information content (AvgIpc) is 3.41. The first-order valence-corrected chi connectivity index (χ1v) is 9.76. The quantitative estimate of drug-likeness (QED) is 0.823. The molecule has 148 valence electrons. The summed E-state index contributed by atoms with van der Waals surface area (Å²) in [5.74, 6) is 0.643. The number of piperazine rings is 1. The van der Waals surface area contributed by atoms with E-state index in [1.165, 1.54) is 16.8 Å². The zero-order valence-electron chi connectivity index (χ0n) is 16.6. The van der Waals surface area contributed by atoms with Gasteiger partial charge in [0, 0.05) is 37.9 Å². The van der Waals surface area contributed by atoms with Gasteiger partial charge in [-0.15, -0.1) is 0 Å². The van der Waals surface area contributed by atoms with Gasteiger partial charge in [-0.2, -0.15) is 0 Å². The lowest BCUT2D eigenvalue weighted by molar-refractivity contribution is -0.142. The normalized spacial score (nSPS) is 18.1. The number of carbonyl (C=O) groups is 2. The van der Waals surface area contributed by atoms with Gasteiger partial charge in [0.2, 0.25) is 11.8 Å². The predicted molar refractivity (Wildman–Crippen MR) is 106 cm³/mol. The number of aromatic nitrogens is 1. The first kappa shape index (κ1) is 18.5. The Morgan fingerprint density at radius 3 is 2.43 bits per heavy atom. The van der Waals surface area contributed by atoms with E-state index in [4.69, 9.17) is 4.52 Å². The molecule has 0 spiro atoms. The topological polar surface area (TPSA) is 78.7 Å². The summed E-state index contributed by atoms with van der Waals surface area (Å²) in [5.41, 5.74) is 2.84. The second kappa shape index (κ2) is 6.96. The Balaban J connectivity index is 1.39. The number of nitrogens with one attached hydrogen (secondary N) is 1. The van der Waals surface area contributed by atoms with Crippen LogP contribution in [-0.2, 0) is 9.59 Å². The van der Waals surface area contributed by atoms with E-state index >= 15 is 0 Å². The molecule has 1 N–H and O–H groups in total. The lowest BCUT2D eigenvalue weighted by atomic mass is 10.0. The second-order valence-corrected chi connectivity index (χ2v) is 7.86. The van der Waals surface area contributed by atoms with E-state index in [-0.39, 0.29) is 11.8 Å². The Hall–Kier alpha value is -2.83.